The summed E-state index contributed by atoms with van der Waals surface area (Å²) in [5, 5.41) is 0.226. The summed E-state index contributed by atoms with van der Waals surface area (Å²) < 4.78 is 27.0. The number of aromatic nitrogens is 1. The predicted octanol–water partition coefficient (Wildman–Crippen LogP) is 1.80. The molecule has 0 aliphatic carbocycles. The number of rotatable bonds is 2. The molecule has 2 aromatic carbocycles. The van der Waals surface area contributed by atoms with E-state index in [9.17, 15) is 13.6 Å². The van der Waals surface area contributed by atoms with Crippen molar-refractivity contribution >= 4 is 30.5 Å². The molecule has 0 atom stereocenters. The fraction of sp³-hybridized carbons (Fsp3) is 0.0625. The van der Waals surface area contributed by atoms with Crippen molar-refractivity contribution in [1.82, 2.24) is 10.4 Å². The van der Waals surface area contributed by atoms with E-state index in [1.807, 2.05) is 0 Å². The summed E-state index contributed by atoms with van der Waals surface area (Å²) >= 11 is 0. The third-order valence-corrected chi connectivity index (χ3v) is 3.18. The number of aldehydes is 1. The van der Waals surface area contributed by atoms with E-state index in [0.717, 1.165) is 12.1 Å². The van der Waals surface area contributed by atoms with Gasteiger partial charge in [-0.15, -0.1) is 0 Å². The average Bonchev–Trinajstić information content (AvgIpc) is 2.87. The molecule has 0 saturated heterocycles. The van der Waals surface area contributed by atoms with Crippen LogP contribution in [0, 0.1) is 11.6 Å². The lowest BCUT2D eigenvalue weighted by molar-refractivity contribution is 0.112. The zero-order chi connectivity index (χ0) is 17.0. The Hall–Kier alpha value is -2.51. The van der Waals surface area contributed by atoms with E-state index >= 15 is 0 Å². The summed E-state index contributed by atoms with van der Waals surface area (Å²) in [5.41, 5.74) is 4.29. The van der Waals surface area contributed by atoms with Gasteiger partial charge >= 0.3 is 0 Å². The summed E-state index contributed by atoms with van der Waals surface area (Å²) in [5.74, 6) is 3.14. The van der Waals surface area contributed by atoms with Crippen LogP contribution in [0.5, 0.6) is 0 Å². The number of halogens is 2. The Kier molecular flexibility index (Phi) is 5.26. The molecule has 116 valence electrons. The molecule has 4 nitrogen and oxygen atoms in total. The molecular formula is C16H14BF2N3O. The van der Waals surface area contributed by atoms with Gasteiger partial charge in [-0.3, -0.25) is 16.1 Å². The maximum Gasteiger partial charge on any atom is 0.152 e. The number of fused-ring (bicyclic) bond motifs is 1. The van der Waals surface area contributed by atoms with Gasteiger partial charge in [0.1, 0.15) is 19.5 Å². The summed E-state index contributed by atoms with van der Waals surface area (Å²) in [6, 6.07) is 8.68. The Morgan fingerprint density at radius 2 is 1.83 bits per heavy atom. The molecule has 4 N–H and O–H groups in total. The Labute approximate surface area is 133 Å². The number of carbonyl (C=O) groups excluding carboxylic acids is 1. The topological polar surface area (TPSA) is 70.9 Å². The summed E-state index contributed by atoms with van der Waals surface area (Å²) in [6.45, 7) is 0. The molecule has 23 heavy (non-hydrogen) atoms. The van der Waals surface area contributed by atoms with Crippen molar-refractivity contribution in [1.29, 1.82) is 0 Å². The molecule has 0 bridgehead atoms. The second-order valence-corrected chi connectivity index (χ2v) is 4.75. The lowest BCUT2D eigenvalue weighted by Gasteiger charge is -2.00. The molecule has 1 aromatic heterocycles. The van der Waals surface area contributed by atoms with Gasteiger partial charge in [-0.2, -0.15) is 0 Å². The van der Waals surface area contributed by atoms with E-state index in [4.69, 9.17) is 7.85 Å². The Bertz CT molecular complexity index is 831. The van der Waals surface area contributed by atoms with Gasteiger partial charge in [0, 0.05) is 17.0 Å². The minimum absolute atomic E-state index is 0.111. The van der Waals surface area contributed by atoms with E-state index in [-0.39, 0.29) is 16.5 Å². The summed E-state index contributed by atoms with van der Waals surface area (Å²) in [7, 11) is 7.26. The molecule has 0 aliphatic rings. The van der Waals surface area contributed by atoms with Crippen molar-refractivity contribution < 1.29 is 13.6 Å². The average molecular weight is 313 g/mol. The number of nitrogens with one attached hydrogen (secondary N) is 2. The summed E-state index contributed by atoms with van der Waals surface area (Å²) in [6.07, 6.45) is 0.587. The number of H-pyrrole nitrogens is 1. The molecule has 0 fully saturated rings. The fourth-order valence-corrected chi connectivity index (χ4v) is 2.24. The number of hydrazine groups is 1. The highest BCUT2D eigenvalue weighted by atomic mass is 19.1. The highest BCUT2D eigenvalue weighted by Gasteiger charge is 2.16. The van der Waals surface area contributed by atoms with Crippen LogP contribution in [0.2, 0.25) is 0 Å². The van der Waals surface area contributed by atoms with E-state index in [0.29, 0.717) is 23.0 Å². The van der Waals surface area contributed by atoms with Crippen molar-refractivity contribution in [2.24, 2.45) is 5.84 Å². The lowest BCUT2D eigenvalue weighted by Crippen LogP contribution is -2.13. The van der Waals surface area contributed by atoms with Crippen molar-refractivity contribution in [2.75, 3.05) is 7.05 Å². The summed E-state index contributed by atoms with van der Waals surface area (Å²) in [4.78, 5) is 14.1. The molecule has 0 spiro atoms. The zero-order valence-corrected chi connectivity index (χ0v) is 12.4. The standard InChI is InChI=1S/C15H8BF2NO.CH6N2/c16-9-3-1-8(2-4-9)14-12(7-20)11-5-10(17)6-13(18)15(11)19-14;1-3-2/h1-7,19H;3H,2H2,1H3. The minimum Gasteiger partial charge on any atom is -0.352 e. The third kappa shape index (κ3) is 3.47. The highest BCUT2D eigenvalue weighted by molar-refractivity contribution is 6.32. The molecule has 0 aliphatic heterocycles. The van der Waals surface area contributed by atoms with Gasteiger partial charge < -0.3 is 4.98 Å². The first-order valence-corrected chi connectivity index (χ1v) is 6.71. The largest absolute Gasteiger partial charge is 0.352 e. The van der Waals surface area contributed by atoms with E-state index in [2.05, 4.69) is 16.3 Å². The number of nitrogens with two attached hydrogens (primary N) is 1. The van der Waals surface area contributed by atoms with Crippen molar-refractivity contribution in [2.45, 2.75) is 0 Å². The normalized spacial score (nSPS) is 10.3. The number of hydrogen-bond acceptors (Lipinski definition) is 3. The smallest absolute Gasteiger partial charge is 0.152 e. The second-order valence-electron chi connectivity index (χ2n) is 4.75. The maximum absolute atomic E-state index is 13.7. The van der Waals surface area contributed by atoms with Crippen LogP contribution in [0.4, 0.5) is 8.78 Å². The van der Waals surface area contributed by atoms with Crippen molar-refractivity contribution in [3.8, 4) is 11.3 Å². The van der Waals surface area contributed by atoms with E-state index in [1.165, 1.54) is 0 Å². The van der Waals surface area contributed by atoms with Crippen LogP contribution in [-0.4, -0.2) is 26.2 Å². The first-order chi connectivity index (χ1) is 11.0. The molecule has 2 radical (unpaired) electrons. The van der Waals surface area contributed by atoms with Crippen molar-refractivity contribution in [3.05, 3.63) is 53.6 Å². The number of carbonyl (C=O) groups is 1. The number of aromatic amines is 1. The molecular weight excluding hydrogens is 299 g/mol. The van der Waals surface area contributed by atoms with Gasteiger partial charge in [-0.25, -0.2) is 8.78 Å². The Balaban J connectivity index is 0.000000595. The Morgan fingerprint density at radius 1 is 1.22 bits per heavy atom. The third-order valence-electron chi connectivity index (χ3n) is 3.18. The van der Waals surface area contributed by atoms with Crippen LogP contribution in [0.3, 0.4) is 0 Å². The highest BCUT2D eigenvalue weighted by Crippen LogP contribution is 2.30. The van der Waals surface area contributed by atoms with Crippen LogP contribution in [0.25, 0.3) is 22.2 Å². The Morgan fingerprint density at radius 3 is 2.39 bits per heavy atom. The van der Waals surface area contributed by atoms with E-state index < -0.39 is 11.6 Å². The van der Waals surface area contributed by atoms with Crippen LogP contribution in [0.15, 0.2) is 36.4 Å². The first kappa shape index (κ1) is 16.9. The van der Waals surface area contributed by atoms with Gasteiger partial charge in [0.05, 0.1) is 11.2 Å². The molecule has 3 rings (SSSR count). The van der Waals surface area contributed by atoms with Crippen LogP contribution in [-0.2, 0) is 0 Å². The second kappa shape index (κ2) is 7.17. The number of benzene rings is 2. The molecule has 7 heteroatoms. The van der Waals surface area contributed by atoms with Gasteiger partial charge in [-0.1, -0.05) is 29.7 Å². The minimum atomic E-state index is -0.732. The molecule has 0 amide bonds. The SMILES string of the molecule is CNN.[B]c1ccc(-c2[nH]c3c(F)cc(F)cc3c2C=O)cc1. The first-order valence-electron chi connectivity index (χ1n) is 6.71. The van der Waals surface area contributed by atoms with Crippen LogP contribution >= 0.6 is 0 Å². The van der Waals surface area contributed by atoms with Gasteiger partial charge in [-0.05, 0) is 18.7 Å². The quantitative estimate of drug-likeness (QED) is 0.292. The predicted molar refractivity (Wildman–Crippen MR) is 87.7 cm³/mol. The number of hydrogen-bond donors (Lipinski definition) is 3. The molecule has 1 heterocycles. The van der Waals surface area contributed by atoms with Crippen LogP contribution in [0.1, 0.15) is 10.4 Å². The maximum atomic E-state index is 13.7. The van der Waals surface area contributed by atoms with Gasteiger partial charge in [0.2, 0.25) is 0 Å². The van der Waals surface area contributed by atoms with Crippen molar-refractivity contribution in [3.63, 3.8) is 0 Å². The molecule has 0 unspecified atom stereocenters. The van der Waals surface area contributed by atoms with Crippen LogP contribution < -0.4 is 16.7 Å². The monoisotopic (exact) mass is 313 g/mol. The van der Waals surface area contributed by atoms with E-state index in [1.54, 1.807) is 31.3 Å². The van der Waals surface area contributed by atoms with Gasteiger partial charge in [0.25, 0.3) is 0 Å². The lowest BCUT2D eigenvalue weighted by atomic mass is 9.94. The fourth-order valence-electron chi connectivity index (χ4n) is 2.24. The zero-order valence-electron chi connectivity index (χ0n) is 12.4. The van der Waals surface area contributed by atoms with Gasteiger partial charge in [0.15, 0.2) is 6.29 Å². The molecule has 3 aromatic rings. The molecule has 0 saturated carbocycles.